The summed E-state index contributed by atoms with van der Waals surface area (Å²) in [7, 11) is 0. The van der Waals surface area contributed by atoms with Crippen LogP contribution in [-0.2, 0) is 6.42 Å². The van der Waals surface area contributed by atoms with Crippen LogP contribution in [0.3, 0.4) is 0 Å². The van der Waals surface area contributed by atoms with Gasteiger partial charge in [-0.3, -0.25) is 0 Å². The first-order valence-electron chi connectivity index (χ1n) is 6.12. The number of hydrogen-bond donors (Lipinski definition) is 1. The minimum atomic E-state index is -2.32. The first-order chi connectivity index (χ1) is 8.04. The molecule has 1 atom stereocenters. The lowest BCUT2D eigenvalue weighted by Gasteiger charge is -2.18. The Hall–Kier alpha value is -0.960. The van der Waals surface area contributed by atoms with Crippen LogP contribution in [-0.4, -0.2) is 19.0 Å². The maximum Gasteiger partial charge on any atom is 0.254 e. The highest BCUT2D eigenvalue weighted by molar-refractivity contribution is 5.30. The van der Waals surface area contributed by atoms with Gasteiger partial charge in [0, 0.05) is 0 Å². The number of alkyl halides is 2. The van der Waals surface area contributed by atoms with Crippen molar-refractivity contribution in [3.05, 3.63) is 34.9 Å². The highest BCUT2D eigenvalue weighted by Crippen LogP contribution is 2.14. The van der Waals surface area contributed by atoms with Crippen molar-refractivity contribution >= 4 is 0 Å². The second-order valence-electron chi connectivity index (χ2n) is 4.52. The second-order valence-corrected chi connectivity index (χ2v) is 4.52. The molecule has 0 saturated carbocycles. The van der Waals surface area contributed by atoms with Crippen molar-refractivity contribution in [1.82, 2.24) is 5.32 Å². The minimum absolute atomic E-state index is 0.388. The number of benzene rings is 1. The van der Waals surface area contributed by atoms with Crippen molar-refractivity contribution in [1.29, 1.82) is 0 Å². The number of nitrogens with one attached hydrogen (secondary N) is 1. The van der Waals surface area contributed by atoms with Crippen LogP contribution < -0.4 is 5.32 Å². The van der Waals surface area contributed by atoms with Crippen LogP contribution >= 0.6 is 0 Å². The molecule has 0 aliphatic carbocycles. The Balaban J connectivity index is 2.68. The van der Waals surface area contributed by atoms with Gasteiger partial charge in [0.05, 0.1) is 6.04 Å². The van der Waals surface area contributed by atoms with Crippen LogP contribution in [0.1, 0.15) is 30.0 Å². The van der Waals surface area contributed by atoms with Gasteiger partial charge in [0.2, 0.25) is 0 Å². The van der Waals surface area contributed by atoms with Gasteiger partial charge in [0.15, 0.2) is 0 Å². The van der Waals surface area contributed by atoms with Crippen molar-refractivity contribution in [3.63, 3.8) is 0 Å². The van der Waals surface area contributed by atoms with Crippen LogP contribution in [0, 0.1) is 13.8 Å². The van der Waals surface area contributed by atoms with E-state index in [1.54, 1.807) is 0 Å². The molecule has 3 heteroatoms. The van der Waals surface area contributed by atoms with Gasteiger partial charge >= 0.3 is 0 Å². The summed E-state index contributed by atoms with van der Waals surface area (Å²) in [6.07, 6.45) is -1.06. The third-order valence-electron chi connectivity index (χ3n) is 2.99. The summed E-state index contributed by atoms with van der Waals surface area (Å²) in [5, 5.41) is 2.90. The summed E-state index contributed by atoms with van der Waals surface area (Å²) in [5.41, 5.74) is 3.33. The third-order valence-corrected chi connectivity index (χ3v) is 2.99. The lowest BCUT2D eigenvalue weighted by atomic mass is 10.0. The molecular weight excluding hydrogens is 220 g/mol. The highest BCUT2D eigenvalue weighted by atomic mass is 19.3. The lowest BCUT2D eigenvalue weighted by molar-refractivity contribution is 0.0983. The molecule has 1 nitrogen and oxygen atoms in total. The molecule has 0 fully saturated rings. The minimum Gasteiger partial charge on any atom is -0.309 e. The van der Waals surface area contributed by atoms with E-state index in [4.69, 9.17) is 0 Å². The van der Waals surface area contributed by atoms with Crippen molar-refractivity contribution < 1.29 is 8.78 Å². The fourth-order valence-corrected chi connectivity index (χ4v) is 1.76. The zero-order valence-electron chi connectivity index (χ0n) is 10.8. The van der Waals surface area contributed by atoms with Crippen LogP contribution in [0.5, 0.6) is 0 Å². The van der Waals surface area contributed by atoms with Gasteiger partial charge in [0.25, 0.3) is 6.43 Å². The predicted octanol–water partition coefficient (Wildman–Crippen LogP) is 3.48. The molecule has 0 heterocycles. The molecular formula is C14H21F2N. The Labute approximate surface area is 102 Å². The molecule has 0 amide bonds. The number of hydrogen-bond acceptors (Lipinski definition) is 1. The van der Waals surface area contributed by atoms with E-state index in [1.807, 2.05) is 39.0 Å². The van der Waals surface area contributed by atoms with Gasteiger partial charge in [-0.05, 0) is 49.9 Å². The molecule has 0 aliphatic rings. The summed E-state index contributed by atoms with van der Waals surface area (Å²) < 4.78 is 25.7. The fourth-order valence-electron chi connectivity index (χ4n) is 1.76. The molecule has 0 aromatic heterocycles. The van der Waals surface area contributed by atoms with Crippen molar-refractivity contribution in [2.75, 3.05) is 6.54 Å². The predicted molar refractivity (Wildman–Crippen MR) is 67.7 cm³/mol. The molecule has 0 spiro atoms. The van der Waals surface area contributed by atoms with E-state index in [1.165, 1.54) is 5.56 Å². The summed E-state index contributed by atoms with van der Waals surface area (Å²) in [6, 6.07) is 5.19. The average Bonchev–Trinajstić information content (AvgIpc) is 2.28. The Morgan fingerprint density at radius 2 is 1.88 bits per heavy atom. The quantitative estimate of drug-likeness (QED) is 0.804. The molecule has 0 bridgehead atoms. The first kappa shape index (κ1) is 14.1. The van der Waals surface area contributed by atoms with Gasteiger partial charge in [0.1, 0.15) is 0 Å². The Morgan fingerprint density at radius 3 is 2.41 bits per heavy atom. The van der Waals surface area contributed by atoms with Crippen LogP contribution in [0.15, 0.2) is 18.2 Å². The molecule has 0 radical (unpaired) electrons. The molecule has 1 rings (SSSR count). The lowest BCUT2D eigenvalue weighted by Crippen LogP contribution is -2.38. The molecule has 0 aliphatic heterocycles. The largest absolute Gasteiger partial charge is 0.309 e. The van der Waals surface area contributed by atoms with Gasteiger partial charge < -0.3 is 5.32 Å². The summed E-state index contributed by atoms with van der Waals surface area (Å²) in [6.45, 7) is 6.65. The van der Waals surface area contributed by atoms with E-state index in [-0.39, 0.29) is 0 Å². The SMILES string of the molecule is CCCNC(Cc1ccc(C)c(C)c1)C(F)F. The zero-order valence-corrected chi connectivity index (χ0v) is 10.8. The third kappa shape index (κ3) is 4.43. The van der Waals surface area contributed by atoms with E-state index in [0.717, 1.165) is 17.5 Å². The van der Waals surface area contributed by atoms with Crippen LogP contribution in [0.2, 0.25) is 0 Å². The topological polar surface area (TPSA) is 12.0 Å². The van der Waals surface area contributed by atoms with Crippen molar-refractivity contribution in [3.8, 4) is 0 Å². The van der Waals surface area contributed by atoms with E-state index in [9.17, 15) is 8.78 Å². The molecule has 1 N–H and O–H groups in total. The van der Waals surface area contributed by atoms with Crippen molar-refractivity contribution in [2.24, 2.45) is 0 Å². The molecule has 96 valence electrons. The highest BCUT2D eigenvalue weighted by Gasteiger charge is 2.19. The van der Waals surface area contributed by atoms with Crippen LogP contribution in [0.25, 0.3) is 0 Å². The van der Waals surface area contributed by atoms with Gasteiger partial charge in [-0.25, -0.2) is 8.78 Å². The van der Waals surface area contributed by atoms with E-state index in [2.05, 4.69) is 5.32 Å². The molecule has 17 heavy (non-hydrogen) atoms. The molecule has 1 unspecified atom stereocenters. The summed E-state index contributed by atoms with van der Waals surface area (Å²) in [4.78, 5) is 0. The Morgan fingerprint density at radius 1 is 1.18 bits per heavy atom. The normalized spacial score (nSPS) is 13.1. The second kappa shape index (κ2) is 6.70. The maximum atomic E-state index is 12.8. The molecule has 1 aromatic carbocycles. The first-order valence-corrected chi connectivity index (χ1v) is 6.12. The Bertz CT molecular complexity index is 350. The van der Waals surface area contributed by atoms with Gasteiger partial charge in [-0.1, -0.05) is 25.1 Å². The van der Waals surface area contributed by atoms with E-state index >= 15 is 0 Å². The van der Waals surface area contributed by atoms with E-state index in [0.29, 0.717) is 13.0 Å². The number of halogens is 2. The summed E-state index contributed by atoms with van der Waals surface area (Å²) in [5.74, 6) is 0. The van der Waals surface area contributed by atoms with Crippen LogP contribution in [0.4, 0.5) is 8.78 Å². The Kier molecular flexibility index (Phi) is 5.56. The van der Waals surface area contributed by atoms with Crippen molar-refractivity contribution in [2.45, 2.75) is 46.1 Å². The van der Waals surface area contributed by atoms with Gasteiger partial charge in [-0.2, -0.15) is 0 Å². The number of aryl methyl sites for hydroxylation is 2. The standard InChI is InChI=1S/C14H21F2N/c1-4-7-17-13(14(15)16)9-12-6-5-10(2)11(3)8-12/h5-6,8,13-14,17H,4,7,9H2,1-3H3. The monoisotopic (exact) mass is 241 g/mol. The number of rotatable bonds is 6. The molecule has 0 saturated heterocycles. The van der Waals surface area contributed by atoms with E-state index < -0.39 is 12.5 Å². The smallest absolute Gasteiger partial charge is 0.254 e. The fraction of sp³-hybridized carbons (Fsp3) is 0.571. The zero-order chi connectivity index (χ0) is 12.8. The molecule has 1 aromatic rings. The maximum absolute atomic E-state index is 12.8. The summed E-state index contributed by atoms with van der Waals surface area (Å²) >= 11 is 0. The van der Waals surface area contributed by atoms with Gasteiger partial charge in [-0.15, -0.1) is 0 Å². The average molecular weight is 241 g/mol.